The average molecular weight is 303 g/mol. The van der Waals surface area contributed by atoms with E-state index in [1.54, 1.807) is 37.3 Å². The minimum atomic E-state index is -0.572. The van der Waals surface area contributed by atoms with E-state index in [9.17, 15) is 9.59 Å². The highest BCUT2D eigenvalue weighted by Gasteiger charge is 2.21. The van der Waals surface area contributed by atoms with Gasteiger partial charge in [0, 0.05) is 24.1 Å². The number of benzene rings is 1. The molecule has 0 unspecified atom stereocenters. The van der Waals surface area contributed by atoms with Gasteiger partial charge in [0.05, 0.1) is 0 Å². The van der Waals surface area contributed by atoms with E-state index in [1.165, 1.54) is 7.05 Å². The maximum atomic E-state index is 12.3. The summed E-state index contributed by atoms with van der Waals surface area (Å²) in [6.07, 6.45) is 0. The Bertz CT molecular complexity index is 681. The first-order valence-electron chi connectivity index (χ1n) is 6.07. The van der Waals surface area contributed by atoms with Crippen LogP contribution in [0.15, 0.2) is 35.4 Å². The van der Waals surface area contributed by atoms with Gasteiger partial charge in [-0.05, 0) is 6.92 Å². The maximum Gasteiger partial charge on any atom is 0.275 e. The molecule has 0 fully saturated rings. The van der Waals surface area contributed by atoms with Crippen molar-refractivity contribution in [3.8, 4) is 0 Å². The molecule has 21 heavy (non-hydrogen) atoms. The van der Waals surface area contributed by atoms with Crippen molar-refractivity contribution in [3.05, 3.63) is 41.7 Å². The Labute approximate surface area is 125 Å². The Morgan fingerprint density at radius 1 is 1.24 bits per heavy atom. The van der Waals surface area contributed by atoms with Crippen LogP contribution >= 0.6 is 11.5 Å². The lowest BCUT2D eigenvalue weighted by Crippen LogP contribution is -2.34. The Hall–Kier alpha value is -2.61. The summed E-state index contributed by atoms with van der Waals surface area (Å²) in [5.74, 6) is -0.449. The van der Waals surface area contributed by atoms with Crippen molar-refractivity contribution in [1.82, 2.24) is 14.7 Å². The summed E-state index contributed by atoms with van der Waals surface area (Å²) in [6, 6.07) is 8.47. The van der Waals surface area contributed by atoms with Crippen molar-refractivity contribution >= 4 is 34.1 Å². The number of hydrogen-bond donors (Lipinski definition) is 2. The predicted molar refractivity (Wildman–Crippen MR) is 80.5 cm³/mol. The van der Waals surface area contributed by atoms with Crippen LogP contribution < -0.4 is 10.7 Å². The highest BCUT2D eigenvalue weighted by Crippen LogP contribution is 2.10. The van der Waals surface area contributed by atoms with Gasteiger partial charge < -0.3 is 5.32 Å². The topological polar surface area (TPSA) is 96.3 Å². The minimum Gasteiger partial charge on any atom is -0.354 e. The third kappa shape index (κ3) is 3.69. The standard InChI is InChI=1S/C13H13N5O2S/c1-8-15-13(21-18-8)17-16-10(12(20)14-2)11(19)9-6-4-3-5-7-9/h3-7H,1-2H3,(H,14,20)(H,15,17,18)/b16-10-. The van der Waals surface area contributed by atoms with Crippen LogP contribution in [0.25, 0.3) is 0 Å². The number of hydrazone groups is 1. The predicted octanol–water partition coefficient (Wildman–Crippen LogP) is 1.24. The summed E-state index contributed by atoms with van der Waals surface area (Å²) < 4.78 is 3.98. The van der Waals surface area contributed by atoms with E-state index in [1.807, 2.05) is 0 Å². The number of aryl methyl sites for hydroxylation is 1. The number of hydrogen-bond acceptors (Lipinski definition) is 7. The summed E-state index contributed by atoms with van der Waals surface area (Å²) in [6.45, 7) is 1.74. The molecule has 1 aromatic heterocycles. The molecule has 8 heteroatoms. The molecule has 2 aromatic rings. The molecule has 2 rings (SSSR count). The third-order valence-corrected chi connectivity index (χ3v) is 3.20. The first kappa shape index (κ1) is 14.8. The second kappa shape index (κ2) is 6.71. The van der Waals surface area contributed by atoms with Crippen LogP contribution in [0.1, 0.15) is 16.2 Å². The van der Waals surface area contributed by atoms with E-state index in [0.717, 1.165) is 11.5 Å². The molecule has 1 aromatic carbocycles. The van der Waals surface area contributed by atoms with Crippen LogP contribution in [0.4, 0.5) is 5.13 Å². The summed E-state index contributed by atoms with van der Waals surface area (Å²) in [5, 5.41) is 6.67. The van der Waals surface area contributed by atoms with Crippen molar-refractivity contribution < 1.29 is 9.59 Å². The van der Waals surface area contributed by atoms with Gasteiger partial charge in [0.25, 0.3) is 5.91 Å². The van der Waals surface area contributed by atoms with Gasteiger partial charge >= 0.3 is 0 Å². The largest absolute Gasteiger partial charge is 0.354 e. The minimum absolute atomic E-state index is 0.239. The van der Waals surface area contributed by atoms with Gasteiger partial charge in [0.1, 0.15) is 5.82 Å². The number of amides is 1. The van der Waals surface area contributed by atoms with Gasteiger partial charge in [0.15, 0.2) is 5.71 Å². The SMILES string of the molecule is CNC(=O)/C(=N\Nc1nc(C)ns1)C(=O)c1ccccc1. The second-order valence-electron chi connectivity index (χ2n) is 3.99. The van der Waals surface area contributed by atoms with Crippen LogP contribution in [0.5, 0.6) is 0 Å². The number of Topliss-reactive ketones (excluding diaryl/α,β-unsaturated/α-hetero) is 1. The van der Waals surface area contributed by atoms with Crippen molar-refractivity contribution in [2.45, 2.75) is 6.92 Å². The molecule has 108 valence electrons. The molecular weight excluding hydrogens is 290 g/mol. The fraction of sp³-hybridized carbons (Fsp3) is 0.154. The Kier molecular flexibility index (Phi) is 4.72. The molecule has 0 aliphatic heterocycles. The first-order chi connectivity index (χ1) is 10.1. The molecule has 0 radical (unpaired) electrons. The molecule has 0 saturated carbocycles. The summed E-state index contributed by atoms with van der Waals surface area (Å²) in [4.78, 5) is 28.2. The molecule has 1 heterocycles. The molecule has 2 N–H and O–H groups in total. The smallest absolute Gasteiger partial charge is 0.275 e. The quantitative estimate of drug-likeness (QED) is 0.375. The lowest BCUT2D eigenvalue weighted by atomic mass is 10.1. The van der Waals surface area contributed by atoms with Crippen molar-refractivity contribution in [3.63, 3.8) is 0 Å². The first-order valence-corrected chi connectivity index (χ1v) is 6.85. The number of anilines is 1. The van der Waals surface area contributed by atoms with E-state index >= 15 is 0 Å². The van der Waals surface area contributed by atoms with Crippen LogP contribution in [0.2, 0.25) is 0 Å². The van der Waals surface area contributed by atoms with Gasteiger partial charge in [-0.2, -0.15) is 9.47 Å². The molecule has 0 atom stereocenters. The summed E-state index contributed by atoms with van der Waals surface area (Å²) >= 11 is 1.10. The van der Waals surface area contributed by atoms with Gasteiger partial charge in [0.2, 0.25) is 10.9 Å². The van der Waals surface area contributed by atoms with E-state index in [4.69, 9.17) is 0 Å². The van der Waals surface area contributed by atoms with Crippen LogP contribution in [0.3, 0.4) is 0 Å². The normalized spacial score (nSPS) is 11.0. The molecule has 1 amide bonds. The van der Waals surface area contributed by atoms with Gasteiger partial charge in [-0.3, -0.25) is 15.0 Å². The lowest BCUT2D eigenvalue weighted by Gasteiger charge is -2.04. The average Bonchev–Trinajstić information content (AvgIpc) is 2.93. The Morgan fingerprint density at radius 3 is 2.52 bits per heavy atom. The van der Waals surface area contributed by atoms with Crippen molar-refractivity contribution in [2.75, 3.05) is 12.5 Å². The zero-order valence-electron chi connectivity index (χ0n) is 11.5. The van der Waals surface area contributed by atoms with Gasteiger partial charge in [-0.1, -0.05) is 30.3 Å². The van der Waals surface area contributed by atoms with Gasteiger partial charge in [-0.15, -0.1) is 0 Å². The van der Waals surface area contributed by atoms with Crippen LogP contribution in [-0.2, 0) is 4.79 Å². The third-order valence-electron chi connectivity index (χ3n) is 2.48. The molecule has 0 aliphatic carbocycles. The number of carbonyl (C=O) groups excluding carboxylic acids is 2. The molecule has 0 spiro atoms. The number of ketones is 1. The fourth-order valence-electron chi connectivity index (χ4n) is 1.50. The zero-order chi connectivity index (χ0) is 15.2. The Balaban J connectivity index is 2.26. The number of nitrogens with one attached hydrogen (secondary N) is 2. The molecule has 0 saturated heterocycles. The maximum absolute atomic E-state index is 12.3. The number of aromatic nitrogens is 2. The second-order valence-corrected chi connectivity index (χ2v) is 4.75. The molecule has 0 aliphatic rings. The van der Waals surface area contributed by atoms with E-state index in [-0.39, 0.29) is 5.71 Å². The highest BCUT2D eigenvalue weighted by atomic mass is 32.1. The summed E-state index contributed by atoms with van der Waals surface area (Å²) in [5.41, 5.74) is 2.73. The highest BCUT2D eigenvalue weighted by molar-refractivity contribution is 7.09. The van der Waals surface area contributed by atoms with E-state index < -0.39 is 11.7 Å². The molecule has 0 bridgehead atoms. The van der Waals surface area contributed by atoms with Crippen LogP contribution in [-0.4, -0.2) is 33.8 Å². The Morgan fingerprint density at radius 2 is 1.95 bits per heavy atom. The van der Waals surface area contributed by atoms with Crippen molar-refractivity contribution in [1.29, 1.82) is 0 Å². The molecule has 7 nitrogen and oxygen atoms in total. The van der Waals surface area contributed by atoms with Crippen LogP contribution in [0, 0.1) is 6.92 Å². The van der Waals surface area contributed by atoms with E-state index in [2.05, 4.69) is 25.2 Å². The lowest BCUT2D eigenvalue weighted by molar-refractivity contribution is -0.114. The molecular formula is C13H13N5O2S. The number of carbonyl (C=O) groups is 2. The fourth-order valence-corrected chi connectivity index (χ4v) is 2.01. The van der Waals surface area contributed by atoms with Crippen molar-refractivity contribution in [2.24, 2.45) is 5.10 Å². The van der Waals surface area contributed by atoms with E-state index in [0.29, 0.717) is 16.5 Å². The van der Waals surface area contributed by atoms with Gasteiger partial charge in [-0.25, -0.2) is 4.98 Å². The number of nitrogens with zero attached hydrogens (tertiary/aromatic N) is 3. The zero-order valence-corrected chi connectivity index (χ0v) is 12.3. The number of rotatable bonds is 5. The summed E-state index contributed by atoms with van der Waals surface area (Å²) in [7, 11) is 1.44. The monoisotopic (exact) mass is 303 g/mol.